The van der Waals surface area contributed by atoms with Crippen molar-refractivity contribution in [3.05, 3.63) is 35.2 Å². The van der Waals surface area contributed by atoms with Crippen LogP contribution in [0.4, 0.5) is 0 Å². The molecule has 34 heavy (non-hydrogen) atoms. The Kier molecular flexibility index (Phi) is 7.98. The molecule has 7 nitrogen and oxygen atoms in total. The minimum Gasteiger partial charge on any atom is -0.480 e. The van der Waals surface area contributed by atoms with E-state index in [1.807, 2.05) is 12.1 Å². The van der Waals surface area contributed by atoms with Gasteiger partial charge in [-0.05, 0) is 37.7 Å². The fraction of sp³-hybridized carbons (Fsp3) is 0.538. The summed E-state index contributed by atoms with van der Waals surface area (Å²) in [5.74, 6) is -3.39. The fourth-order valence-electron chi connectivity index (χ4n) is 5.43. The Morgan fingerprint density at radius 2 is 1.62 bits per heavy atom. The molecule has 0 saturated heterocycles. The highest BCUT2D eigenvalue weighted by Crippen LogP contribution is 2.31. The van der Waals surface area contributed by atoms with Crippen LogP contribution in [0.1, 0.15) is 74.6 Å². The van der Waals surface area contributed by atoms with Gasteiger partial charge >= 0.3 is 5.97 Å². The Bertz CT molecular complexity index is 1050. The van der Waals surface area contributed by atoms with Gasteiger partial charge in [-0.3, -0.25) is 19.2 Å². The van der Waals surface area contributed by atoms with Gasteiger partial charge < -0.3 is 15.3 Å². The lowest BCUT2D eigenvalue weighted by atomic mass is 9.82. The first-order valence-electron chi connectivity index (χ1n) is 12.3. The Hall–Kier alpha value is -2.74. The zero-order valence-corrected chi connectivity index (χ0v) is 20.1. The van der Waals surface area contributed by atoms with E-state index in [-0.39, 0.29) is 23.4 Å². The second kappa shape index (κ2) is 11.1. The topological polar surface area (TPSA) is 104 Å². The van der Waals surface area contributed by atoms with E-state index >= 15 is 0 Å². The van der Waals surface area contributed by atoms with Crippen molar-refractivity contribution in [1.29, 1.82) is 0 Å². The first-order valence-corrected chi connectivity index (χ1v) is 13.2. The lowest BCUT2D eigenvalue weighted by Crippen LogP contribution is -2.58. The van der Waals surface area contributed by atoms with Crippen LogP contribution in [0.2, 0.25) is 0 Å². The molecule has 1 aromatic carbocycles. The molecule has 1 heterocycles. The van der Waals surface area contributed by atoms with Gasteiger partial charge in [0.2, 0.25) is 5.91 Å². The number of aliphatic carboxylic acids is 1. The summed E-state index contributed by atoms with van der Waals surface area (Å²) < 4.78 is 0.877. The second-order valence-electron chi connectivity index (χ2n) is 9.49. The maximum absolute atomic E-state index is 13.6. The van der Waals surface area contributed by atoms with Crippen LogP contribution in [0.25, 0.3) is 10.1 Å². The van der Waals surface area contributed by atoms with E-state index in [1.165, 1.54) is 11.3 Å². The van der Waals surface area contributed by atoms with Crippen molar-refractivity contribution in [3.63, 3.8) is 0 Å². The first kappa shape index (κ1) is 24.4. The highest BCUT2D eigenvalue weighted by Gasteiger charge is 2.41. The number of hydrogen-bond acceptors (Lipinski definition) is 5. The standard InChI is InChI=1S/C26H32N2O5S/c29-22(30)15-28(26(33)24(31)20-16-34-21-14-8-7-13-19(20)21)23(17-9-3-1-4-10-17)25(32)27-18-11-5-2-6-12-18/h7-8,13-14,16-18,23H,1-6,9-12,15H2,(H,27,32)(H,29,30). The van der Waals surface area contributed by atoms with Gasteiger partial charge in [0.15, 0.2) is 0 Å². The molecule has 2 N–H and O–H groups in total. The van der Waals surface area contributed by atoms with Crippen molar-refractivity contribution in [2.24, 2.45) is 5.92 Å². The average molecular weight is 485 g/mol. The molecular weight excluding hydrogens is 452 g/mol. The Morgan fingerprint density at radius 1 is 0.971 bits per heavy atom. The summed E-state index contributed by atoms with van der Waals surface area (Å²) in [6.07, 6.45) is 9.38. The molecule has 2 amide bonds. The molecule has 1 unspecified atom stereocenters. The maximum Gasteiger partial charge on any atom is 0.323 e. The van der Waals surface area contributed by atoms with Crippen LogP contribution in [-0.2, 0) is 14.4 Å². The van der Waals surface area contributed by atoms with Gasteiger partial charge in [-0.1, -0.05) is 56.7 Å². The molecule has 0 bridgehead atoms. The molecule has 1 aromatic heterocycles. The number of rotatable bonds is 8. The predicted octanol–water partition coefficient (Wildman–Crippen LogP) is 4.40. The number of nitrogens with zero attached hydrogens (tertiary/aromatic N) is 1. The molecule has 0 aliphatic heterocycles. The molecule has 2 fully saturated rings. The molecule has 0 spiro atoms. The van der Waals surface area contributed by atoms with Crippen molar-refractivity contribution in [3.8, 4) is 0 Å². The van der Waals surface area contributed by atoms with Crippen molar-refractivity contribution < 1.29 is 24.3 Å². The molecule has 8 heteroatoms. The maximum atomic E-state index is 13.6. The number of ketones is 1. The van der Waals surface area contributed by atoms with Crippen LogP contribution in [0.3, 0.4) is 0 Å². The Balaban J connectivity index is 1.64. The fourth-order valence-corrected chi connectivity index (χ4v) is 6.38. The number of Topliss-reactive ketones (excluding diaryl/α,β-unsaturated/α-hetero) is 1. The number of benzene rings is 1. The van der Waals surface area contributed by atoms with Crippen LogP contribution < -0.4 is 5.32 Å². The highest BCUT2D eigenvalue weighted by molar-refractivity contribution is 7.17. The van der Waals surface area contributed by atoms with Gasteiger partial charge in [0.05, 0.1) is 0 Å². The molecule has 2 aromatic rings. The SMILES string of the molecule is O=C(O)CN(C(=O)C(=O)c1csc2ccccc12)C(C(=O)NC1CCCCC1)C1CCCCC1. The van der Waals surface area contributed by atoms with Gasteiger partial charge in [-0.2, -0.15) is 0 Å². The second-order valence-corrected chi connectivity index (χ2v) is 10.4. The number of nitrogens with one attached hydrogen (secondary N) is 1. The van der Waals surface area contributed by atoms with Crippen molar-refractivity contribution in [1.82, 2.24) is 10.2 Å². The average Bonchev–Trinajstić information content (AvgIpc) is 3.28. The lowest BCUT2D eigenvalue weighted by Gasteiger charge is -2.38. The van der Waals surface area contributed by atoms with Gasteiger partial charge in [-0.15, -0.1) is 11.3 Å². The van der Waals surface area contributed by atoms with Crippen LogP contribution in [-0.4, -0.2) is 52.2 Å². The van der Waals surface area contributed by atoms with Crippen LogP contribution in [0.15, 0.2) is 29.6 Å². The summed E-state index contributed by atoms with van der Waals surface area (Å²) in [5, 5.41) is 15.0. The number of amides is 2. The number of fused-ring (bicyclic) bond motifs is 1. The molecule has 1 atom stereocenters. The van der Waals surface area contributed by atoms with Crippen LogP contribution in [0, 0.1) is 5.92 Å². The zero-order valence-electron chi connectivity index (χ0n) is 19.3. The third-order valence-corrected chi connectivity index (χ3v) is 8.10. The minimum atomic E-state index is -1.23. The van der Waals surface area contributed by atoms with E-state index in [2.05, 4.69) is 5.32 Å². The van der Waals surface area contributed by atoms with E-state index in [1.54, 1.807) is 17.5 Å². The number of carbonyl (C=O) groups is 4. The van der Waals surface area contributed by atoms with Crippen molar-refractivity contribution in [2.45, 2.75) is 76.3 Å². The summed E-state index contributed by atoms with van der Waals surface area (Å²) in [6, 6.07) is 6.39. The van der Waals surface area contributed by atoms with E-state index in [4.69, 9.17) is 0 Å². The largest absolute Gasteiger partial charge is 0.480 e. The van der Waals surface area contributed by atoms with Gasteiger partial charge in [0, 0.05) is 27.1 Å². The summed E-state index contributed by atoms with van der Waals surface area (Å²) in [5.41, 5.74) is 0.260. The van der Waals surface area contributed by atoms with Gasteiger partial charge in [0.25, 0.3) is 11.7 Å². The summed E-state index contributed by atoms with van der Waals surface area (Å²) in [6.45, 7) is -0.675. The third kappa shape index (κ3) is 5.49. The van der Waals surface area contributed by atoms with Crippen molar-refractivity contribution in [2.75, 3.05) is 6.54 Å². The van der Waals surface area contributed by atoms with Crippen LogP contribution in [0.5, 0.6) is 0 Å². The van der Waals surface area contributed by atoms with E-state index in [0.717, 1.165) is 73.8 Å². The molecule has 2 saturated carbocycles. The first-order chi connectivity index (χ1) is 16.5. The quantitative estimate of drug-likeness (QED) is 0.427. The molecule has 4 rings (SSSR count). The summed E-state index contributed by atoms with van der Waals surface area (Å²) in [4.78, 5) is 53.3. The number of hydrogen-bond donors (Lipinski definition) is 2. The van der Waals surface area contributed by atoms with Gasteiger partial charge in [0.1, 0.15) is 12.6 Å². The number of carboxylic acids is 1. The molecule has 2 aliphatic carbocycles. The minimum absolute atomic E-state index is 0.0330. The Morgan fingerprint density at radius 3 is 2.29 bits per heavy atom. The summed E-state index contributed by atoms with van der Waals surface area (Å²) in [7, 11) is 0. The zero-order chi connectivity index (χ0) is 24.1. The van der Waals surface area contributed by atoms with E-state index < -0.39 is 30.2 Å². The van der Waals surface area contributed by atoms with Crippen molar-refractivity contribution >= 4 is 45.0 Å². The highest BCUT2D eigenvalue weighted by atomic mass is 32.1. The number of carbonyl (C=O) groups excluding carboxylic acids is 3. The summed E-state index contributed by atoms with van der Waals surface area (Å²) >= 11 is 1.36. The molecule has 182 valence electrons. The predicted molar refractivity (Wildman–Crippen MR) is 131 cm³/mol. The van der Waals surface area contributed by atoms with Crippen LogP contribution >= 0.6 is 11.3 Å². The Labute approximate surface area is 203 Å². The molecular formula is C26H32N2O5S. The smallest absolute Gasteiger partial charge is 0.323 e. The molecule has 0 radical (unpaired) electrons. The molecule has 2 aliphatic rings. The van der Waals surface area contributed by atoms with E-state index in [0.29, 0.717) is 5.39 Å². The lowest BCUT2D eigenvalue weighted by molar-refractivity contribution is -0.148. The normalized spacial score (nSPS) is 18.4. The monoisotopic (exact) mass is 484 g/mol. The van der Waals surface area contributed by atoms with E-state index in [9.17, 15) is 24.3 Å². The number of thiophene rings is 1. The number of carboxylic acid groups (broad SMARTS) is 1. The third-order valence-electron chi connectivity index (χ3n) is 7.14. The van der Waals surface area contributed by atoms with Gasteiger partial charge in [-0.25, -0.2) is 0 Å².